The first-order valence-corrected chi connectivity index (χ1v) is 5.96. The minimum absolute atomic E-state index is 0.108. The summed E-state index contributed by atoms with van der Waals surface area (Å²) in [5.41, 5.74) is 3.14. The van der Waals surface area contributed by atoms with Crippen molar-refractivity contribution in [2.75, 3.05) is 26.3 Å². The van der Waals surface area contributed by atoms with Crippen LogP contribution in [0.4, 0.5) is 0 Å². The Morgan fingerprint density at radius 2 is 2.29 bits per heavy atom. The number of nitrogens with one attached hydrogen (secondary N) is 1. The molecular formula is C13H16N2O2. The van der Waals surface area contributed by atoms with Gasteiger partial charge in [-0.05, 0) is 24.2 Å². The molecule has 2 heterocycles. The number of benzene rings is 1. The first-order valence-electron chi connectivity index (χ1n) is 5.96. The van der Waals surface area contributed by atoms with Crippen molar-refractivity contribution in [1.29, 1.82) is 0 Å². The molecule has 1 aromatic heterocycles. The van der Waals surface area contributed by atoms with E-state index in [1.807, 2.05) is 6.07 Å². The van der Waals surface area contributed by atoms with Crippen molar-refractivity contribution in [3.05, 3.63) is 30.2 Å². The van der Waals surface area contributed by atoms with E-state index in [0.717, 1.165) is 37.4 Å². The molecule has 1 saturated heterocycles. The molecule has 17 heavy (non-hydrogen) atoms. The lowest BCUT2D eigenvalue weighted by Gasteiger charge is -2.42. The van der Waals surface area contributed by atoms with Crippen LogP contribution in [0.2, 0.25) is 0 Å². The third-order valence-corrected chi connectivity index (χ3v) is 3.41. The van der Waals surface area contributed by atoms with Gasteiger partial charge >= 0.3 is 0 Å². The highest BCUT2D eigenvalue weighted by molar-refractivity contribution is 5.73. The number of aromatic nitrogens is 1. The largest absolute Gasteiger partial charge is 0.443 e. The Bertz CT molecular complexity index is 517. The Balaban J connectivity index is 1.94. The minimum Gasteiger partial charge on any atom is -0.443 e. The van der Waals surface area contributed by atoms with Crippen molar-refractivity contribution in [2.45, 2.75) is 12.3 Å². The van der Waals surface area contributed by atoms with Gasteiger partial charge in [-0.3, -0.25) is 0 Å². The van der Waals surface area contributed by atoms with Crippen LogP contribution in [0.1, 0.15) is 12.5 Å². The topological polar surface area (TPSA) is 47.3 Å². The first-order chi connectivity index (χ1) is 8.34. The van der Waals surface area contributed by atoms with Crippen molar-refractivity contribution < 1.29 is 9.15 Å². The fourth-order valence-electron chi connectivity index (χ4n) is 2.27. The maximum atomic E-state index is 5.40. The van der Waals surface area contributed by atoms with Crippen LogP contribution < -0.4 is 5.32 Å². The summed E-state index contributed by atoms with van der Waals surface area (Å²) in [7, 11) is 0. The zero-order valence-corrected chi connectivity index (χ0v) is 9.90. The van der Waals surface area contributed by atoms with Gasteiger partial charge in [-0.15, -0.1) is 0 Å². The molecule has 0 amide bonds. The average Bonchev–Trinajstić information content (AvgIpc) is 2.75. The number of fused-ring (bicyclic) bond motifs is 1. The summed E-state index contributed by atoms with van der Waals surface area (Å²) in [5, 5.41) is 3.41. The number of ether oxygens (including phenoxy) is 1. The smallest absolute Gasteiger partial charge is 0.181 e. The van der Waals surface area contributed by atoms with E-state index >= 15 is 0 Å². The first kappa shape index (κ1) is 10.7. The monoisotopic (exact) mass is 232 g/mol. The molecule has 1 aliphatic heterocycles. The van der Waals surface area contributed by atoms with Crippen molar-refractivity contribution in [2.24, 2.45) is 0 Å². The summed E-state index contributed by atoms with van der Waals surface area (Å²) < 4.78 is 10.8. The van der Waals surface area contributed by atoms with Gasteiger partial charge in [0.05, 0.1) is 18.6 Å². The number of hydrogen-bond acceptors (Lipinski definition) is 4. The van der Waals surface area contributed by atoms with E-state index < -0.39 is 0 Å². The molecule has 0 unspecified atom stereocenters. The molecule has 0 atom stereocenters. The molecular weight excluding hydrogens is 216 g/mol. The van der Waals surface area contributed by atoms with Gasteiger partial charge in [0.2, 0.25) is 0 Å². The van der Waals surface area contributed by atoms with Gasteiger partial charge < -0.3 is 14.5 Å². The summed E-state index contributed by atoms with van der Waals surface area (Å²) in [6.45, 7) is 5.60. The summed E-state index contributed by atoms with van der Waals surface area (Å²) in [6.07, 6.45) is 1.49. The predicted octanol–water partition coefficient (Wildman–Crippen LogP) is 1.71. The fourth-order valence-corrected chi connectivity index (χ4v) is 2.27. The molecule has 0 aliphatic carbocycles. The molecule has 0 spiro atoms. The molecule has 4 nitrogen and oxygen atoms in total. The van der Waals surface area contributed by atoms with Crippen LogP contribution in [-0.2, 0) is 10.2 Å². The van der Waals surface area contributed by atoms with Gasteiger partial charge in [-0.2, -0.15) is 0 Å². The predicted molar refractivity (Wildman–Crippen MR) is 65.0 cm³/mol. The SMILES string of the molecule is CCNCC1(c2ccc3ncoc3c2)COC1. The van der Waals surface area contributed by atoms with E-state index in [4.69, 9.17) is 9.15 Å². The van der Waals surface area contributed by atoms with E-state index in [2.05, 4.69) is 29.4 Å². The normalized spacial score (nSPS) is 18.2. The van der Waals surface area contributed by atoms with Gasteiger partial charge in [0.25, 0.3) is 0 Å². The number of oxazole rings is 1. The number of likely N-dealkylation sites (N-methyl/N-ethyl adjacent to an activating group) is 1. The number of nitrogens with zero attached hydrogens (tertiary/aromatic N) is 1. The van der Waals surface area contributed by atoms with Gasteiger partial charge in [0.15, 0.2) is 12.0 Å². The van der Waals surface area contributed by atoms with E-state index in [1.165, 1.54) is 12.0 Å². The molecule has 0 radical (unpaired) electrons. The minimum atomic E-state index is 0.108. The van der Waals surface area contributed by atoms with Crippen molar-refractivity contribution in [1.82, 2.24) is 10.3 Å². The van der Waals surface area contributed by atoms with E-state index in [-0.39, 0.29) is 5.41 Å². The zero-order chi connectivity index (χ0) is 11.7. The number of rotatable bonds is 4. The summed E-state index contributed by atoms with van der Waals surface area (Å²) in [6, 6.07) is 6.23. The standard InChI is InChI=1S/C13H16N2O2/c1-2-14-6-13(7-16-8-13)10-3-4-11-12(5-10)17-9-15-11/h3-5,9,14H,2,6-8H2,1H3. The summed E-state index contributed by atoms with van der Waals surface area (Å²) in [4.78, 5) is 4.13. The molecule has 2 aromatic rings. The van der Waals surface area contributed by atoms with Crippen molar-refractivity contribution in [3.8, 4) is 0 Å². The Kier molecular flexibility index (Phi) is 2.61. The van der Waals surface area contributed by atoms with Crippen LogP contribution >= 0.6 is 0 Å². The molecule has 90 valence electrons. The van der Waals surface area contributed by atoms with Crippen LogP contribution in [0, 0.1) is 0 Å². The van der Waals surface area contributed by atoms with Crippen LogP contribution in [0.25, 0.3) is 11.1 Å². The van der Waals surface area contributed by atoms with Crippen LogP contribution in [0.15, 0.2) is 29.0 Å². The maximum Gasteiger partial charge on any atom is 0.181 e. The highest BCUT2D eigenvalue weighted by atomic mass is 16.5. The Morgan fingerprint density at radius 3 is 3.00 bits per heavy atom. The third-order valence-electron chi connectivity index (χ3n) is 3.41. The second-order valence-corrected chi connectivity index (χ2v) is 4.59. The molecule has 0 saturated carbocycles. The molecule has 1 aliphatic rings. The quantitative estimate of drug-likeness (QED) is 0.871. The van der Waals surface area contributed by atoms with Crippen LogP contribution in [-0.4, -0.2) is 31.3 Å². The van der Waals surface area contributed by atoms with Gasteiger partial charge in [-0.1, -0.05) is 13.0 Å². The molecule has 1 aromatic carbocycles. The Labute approximate surface area is 100.0 Å². The third kappa shape index (κ3) is 1.73. The van der Waals surface area contributed by atoms with Crippen LogP contribution in [0.3, 0.4) is 0 Å². The van der Waals surface area contributed by atoms with Gasteiger partial charge in [-0.25, -0.2) is 4.98 Å². The lowest BCUT2D eigenvalue weighted by atomic mass is 9.78. The van der Waals surface area contributed by atoms with Crippen molar-refractivity contribution >= 4 is 11.1 Å². The molecule has 1 fully saturated rings. The van der Waals surface area contributed by atoms with Gasteiger partial charge in [0, 0.05) is 6.54 Å². The lowest BCUT2D eigenvalue weighted by molar-refractivity contribution is -0.0587. The summed E-state index contributed by atoms with van der Waals surface area (Å²) in [5.74, 6) is 0. The maximum absolute atomic E-state index is 5.40. The molecule has 4 heteroatoms. The van der Waals surface area contributed by atoms with Gasteiger partial charge in [0.1, 0.15) is 5.52 Å². The fraction of sp³-hybridized carbons (Fsp3) is 0.462. The Hall–Kier alpha value is -1.39. The second-order valence-electron chi connectivity index (χ2n) is 4.59. The van der Waals surface area contributed by atoms with E-state index in [9.17, 15) is 0 Å². The Morgan fingerprint density at radius 1 is 1.41 bits per heavy atom. The van der Waals surface area contributed by atoms with E-state index in [1.54, 1.807) is 0 Å². The highest BCUT2D eigenvalue weighted by Gasteiger charge is 2.40. The lowest BCUT2D eigenvalue weighted by Crippen LogP contribution is -2.53. The highest BCUT2D eigenvalue weighted by Crippen LogP contribution is 2.33. The van der Waals surface area contributed by atoms with Crippen LogP contribution in [0.5, 0.6) is 0 Å². The van der Waals surface area contributed by atoms with Crippen molar-refractivity contribution in [3.63, 3.8) is 0 Å². The number of hydrogen-bond donors (Lipinski definition) is 1. The second kappa shape index (κ2) is 4.13. The van der Waals surface area contributed by atoms with E-state index in [0.29, 0.717) is 0 Å². The zero-order valence-electron chi connectivity index (χ0n) is 9.90. The molecule has 0 bridgehead atoms. The summed E-state index contributed by atoms with van der Waals surface area (Å²) >= 11 is 0. The average molecular weight is 232 g/mol. The molecule has 3 rings (SSSR count). The molecule has 1 N–H and O–H groups in total.